The molecule has 0 bridgehead atoms. The molecule has 2 N–H and O–H groups in total. The number of hydrogen-bond donors (Lipinski definition) is 2. The molecule has 1 atom stereocenters. The normalized spacial score (nSPS) is 16.1. The van der Waals surface area contributed by atoms with Crippen molar-refractivity contribution >= 4 is 23.6 Å². The van der Waals surface area contributed by atoms with E-state index in [1.165, 1.54) is 30.0 Å². The number of carbonyl (C=O) groups is 2. The van der Waals surface area contributed by atoms with Crippen LogP contribution in [0.1, 0.15) is 40.4 Å². The van der Waals surface area contributed by atoms with Crippen LogP contribution in [0.5, 0.6) is 0 Å². The molecule has 4 nitrogen and oxygen atoms in total. The van der Waals surface area contributed by atoms with Gasteiger partial charge in [0.25, 0.3) is 0 Å². The van der Waals surface area contributed by atoms with Crippen molar-refractivity contribution in [2.75, 3.05) is 5.75 Å². The molecular weight excluding hydrogens is 341 g/mol. The lowest BCUT2D eigenvalue weighted by molar-refractivity contribution is -0.121. The Morgan fingerprint density at radius 2 is 1.96 bits per heavy atom. The van der Waals surface area contributed by atoms with Gasteiger partial charge in [0.2, 0.25) is 5.91 Å². The van der Waals surface area contributed by atoms with E-state index in [1.54, 1.807) is 18.2 Å². The smallest absolute Gasteiger partial charge is 0.335 e. The summed E-state index contributed by atoms with van der Waals surface area (Å²) in [5.74, 6) is -0.519. The molecule has 0 aliphatic carbocycles. The van der Waals surface area contributed by atoms with E-state index >= 15 is 0 Å². The summed E-state index contributed by atoms with van der Waals surface area (Å²) in [6.07, 6.45) is 1.62. The maximum Gasteiger partial charge on any atom is 0.335 e. The molecule has 0 fully saturated rings. The molecule has 0 saturated carbocycles. The Morgan fingerprint density at radius 3 is 2.68 bits per heavy atom. The average Bonchev–Trinajstić information content (AvgIpc) is 2.61. The lowest BCUT2D eigenvalue weighted by Crippen LogP contribution is -2.31. The summed E-state index contributed by atoms with van der Waals surface area (Å²) in [6, 6.07) is 11.3. The minimum atomic E-state index is -0.967. The van der Waals surface area contributed by atoms with E-state index in [1.807, 2.05) is 6.07 Å². The molecule has 0 saturated heterocycles. The molecule has 2 aromatic rings. The fourth-order valence-corrected chi connectivity index (χ4v) is 4.02. The first-order valence-electron chi connectivity index (χ1n) is 8.07. The zero-order valence-corrected chi connectivity index (χ0v) is 14.3. The highest BCUT2D eigenvalue weighted by atomic mass is 32.2. The van der Waals surface area contributed by atoms with Crippen LogP contribution in [0.3, 0.4) is 0 Å². The molecule has 1 aliphatic rings. The van der Waals surface area contributed by atoms with Gasteiger partial charge in [-0.1, -0.05) is 24.3 Å². The van der Waals surface area contributed by atoms with Crippen molar-refractivity contribution in [3.05, 3.63) is 65.0 Å². The number of hydrogen-bond acceptors (Lipinski definition) is 3. The molecule has 6 heteroatoms. The SMILES string of the molecule is O=C(CCc1ccc(C(=O)O)cc1)NC1CCSc2c(F)cccc21. The number of amides is 1. The maximum absolute atomic E-state index is 13.9. The molecule has 1 heterocycles. The molecule has 25 heavy (non-hydrogen) atoms. The van der Waals surface area contributed by atoms with Gasteiger partial charge in [-0.2, -0.15) is 0 Å². The summed E-state index contributed by atoms with van der Waals surface area (Å²) in [6.45, 7) is 0. The van der Waals surface area contributed by atoms with Crippen molar-refractivity contribution in [1.82, 2.24) is 5.32 Å². The summed E-state index contributed by atoms with van der Waals surface area (Å²) in [5.41, 5.74) is 1.98. The van der Waals surface area contributed by atoms with Crippen LogP contribution >= 0.6 is 11.8 Å². The van der Waals surface area contributed by atoms with Crippen LogP contribution in [0.25, 0.3) is 0 Å². The Kier molecular flexibility index (Phi) is 5.38. The van der Waals surface area contributed by atoms with E-state index in [9.17, 15) is 14.0 Å². The number of nitrogens with one attached hydrogen (secondary N) is 1. The van der Waals surface area contributed by atoms with E-state index in [0.717, 1.165) is 23.3 Å². The van der Waals surface area contributed by atoms with E-state index in [0.29, 0.717) is 17.7 Å². The molecule has 0 aromatic heterocycles. The highest BCUT2D eigenvalue weighted by molar-refractivity contribution is 7.99. The van der Waals surface area contributed by atoms with Gasteiger partial charge in [0, 0.05) is 17.1 Å². The third-order valence-corrected chi connectivity index (χ3v) is 5.36. The van der Waals surface area contributed by atoms with Crippen molar-refractivity contribution < 1.29 is 19.1 Å². The number of thioether (sulfide) groups is 1. The largest absolute Gasteiger partial charge is 0.478 e. The first-order valence-corrected chi connectivity index (χ1v) is 9.06. The van der Waals surface area contributed by atoms with Crippen molar-refractivity contribution in [2.24, 2.45) is 0 Å². The van der Waals surface area contributed by atoms with Crippen molar-refractivity contribution in [3.63, 3.8) is 0 Å². The number of carboxylic acids is 1. The fraction of sp³-hybridized carbons (Fsp3) is 0.263. The second-order valence-corrected chi connectivity index (χ2v) is 7.02. The van der Waals surface area contributed by atoms with Crippen LogP contribution in [0.15, 0.2) is 47.4 Å². The van der Waals surface area contributed by atoms with Crippen LogP contribution in [0, 0.1) is 5.82 Å². The van der Waals surface area contributed by atoms with Gasteiger partial charge in [0.1, 0.15) is 5.82 Å². The van der Waals surface area contributed by atoms with E-state index in [-0.39, 0.29) is 23.3 Å². The quantitative estimate of drug-likeness (QED) is 0.852. The summed E-state index contributed by atoms with van der Waals surface area (Å²) in [5, 5.41) is 11.9. The van der Waals surface area contributed by atoms with Crippen LogP contribution < -0.4 is 5.32 Å². The number of halogens is 1. The van der Waals surface area contributed by atoms with Crippen LogP contribution in [0.4, 0.5) is 4.39 Å². The maximum atomic E-state index is 13.9. The molecule has 1 amide bonds. The van der Waals surface area contributed by atoms with E-state index in [4.69, 9.17) is 5.11 Å². The number of fused-ring (bicyclic) bond motifs is 1. The Morgan fingerprint density at radius 1 is 1.20 bits per heavy atom. The molecule has 0 radical (unpaired) electrons. The number of rotatable bonds is 5. The Labute approximate surface area is 149 Å². The topological polar surface area (TPSA) is 66.4 Å². The number of aryl methyl sites for hydroxylation is 1. The predicted molar refractivity (Wildman–Crippen MR) is 94.3 cm³/mol. The average molecular weight is 359 g/mol. The van der Waals surface area contributed by atoms with Crippen molar-refractivity contribution in [2.45, 2.75) is 30.2 Å². The monoisotopic (exact) mass is 359 g/mol. The number of aromatic carboxylic acids is 1. The number of benzene rings is 2. The minimum absolute atomic E-state index is 0.0885. The number of carboxylic acid groups (broad SMARTS) is 1. The molecular formula is C19H18FNO3S. The van der Waals surface area contributed by atoms with Gasteiger partial charge in [0.05, 0.1) is 11.6 Å². The van der Waals surface area contributed by atoms with Crippen LogP contribution in [-0.4, -0.2) is 22.7 Å². The second kappa shape index (κ2) is 7.70. The molecule has 130 valence electrons. The van der Waals surface area contributed by atoms with Crippen LogP contribution in [-0.2, 0) is 11.2 Å². The molecule has 0 spiro atoms. The lowest BCUT2D eigenvalue weighted by atomic mass is 10.0. The van der Waals surface area contributed by atoms with Crippen LogP contribution in [0.2, 0.25) is 0 Å². The highest BCUT2D eigenvalue weighted by Gasteiger charge is 2.24. The van der Waals surface area contributed by atoms with Gasteiger partial charge in [-0.15, -0.1) is 11.8 Å². The van der Waals surface area contributed by atoms with Gasteiger partial charge in [-0.25, -0.2) is 9.18 Å². The van der Waals surface area contributed by atoms with Gasteiger partial charge < -0.3 is 10.4 Å². The van der Waals surface area contributed by atoms with Crippen molar-refractivity contribution in [1.29, 1.82) is 0 Å². The summed E-state index contributed by atoms with van der Waals surface area (Å²) < 4.78 is 13.9. The molecule has 2 aromatic carbocycles. The third kappa shape index (κ3) is 4.20. The zero-order valence-electron chi connectivity index (χ0n) is 13.5. The number of carbonyl (C=O) groups excluding carboxylic acids is 1. The molecule has 3 rings (SSSR count). The standard InChI is InChI=1S/C19H18FNO3S/c20-15-3-1-2-14-16(10-11-25-18(14)15)21-17(22)9-6-12-4-7-13(8-5-12)19(23)24/h1-5,7-8,16H,6,9-11H2,(H,21,22)(H,23,24). The van der Waals surface area contributed by atoms with Gasteiger partial charge in [-0.3, -0.25) is 4.79 Å². The summed E-state index contributed by atoms with van der Waals surface area (Å²) in [4.78, 5) is 23.7. The third-order valence-electron chi connectivity index (χ3n) is 4.20. The molecule has 1 unspecified atom stereocenters. The summed E-state index contributed by atoms with van der Waals surface area (Å²) in [7, 11) is 0. The second-order valence-electron chi connectivity index (χ2n) is 5.92. The minimum Gasteiger partial charge on any atom is -0.478 e. The van der Waals surface area contributed by atoms with Gasteiger partial charge in [0.15, 0.2) is 0 Å². The first-order chi connectivity index (χ1) is 12.0. The molecule has 1 aliphatic heterocycles. The van der Waals surface area contributed by atoms with E-state index < -0.39 is 5.97 Å². The van der Waals surface area contributed by atoms with Crippen molar-refractivity contribution in [3.8, 4) is 0 Å². The Bertz CT molecular complexity index is 792. The predicted octanol–water partition coefficient (Wildman–Crippen LogP) is 3.81. The Hall–Kier alpha value is -2.34. The van der Waals surface area contributed by atoms with Gasteiger partial charge in [-0.05, 0) is 42.2 Å². The summed E-state index contributed by atoms with van der Waals surface area (Å²) >= 11 is 1.49. The Balaban J connectivity index is 1.59. The zero-order chi connectivity index (χ0) is 17.8. The van der Waals surface area contributed by atoms with Gasteiger partial charge >= 0.3 is 5.97 Å². The highest BCUT2D eigenvalue weighted by Crippen LogP contribution is 2.37. The van der Waals surface area contributed by atoms with E-state index in [2.05, 4.69) is 5.32 Å². The first kappa shape index (κ1) is 17.5. The fourth-order valence-electron chi connectivity index (χ4n) is 2.87. The lowest BCUT2D eigenvalue weighted by Gasteiger charge is -2.26.